The lowest BCUT2D eigenvalue weighted by atomic mass is 10.1. The molecule has 20 heavy (non-hydrogen) atoms. The molecule has 1 nitrogen and oxygen atoms in total. The lowest BCUT2D eigenvalue weighted by Gasteiger charge is -2.20. The van der Waals surface area contributed by atoms with E-state index in [4.69, 9.17) is 0 Å². The fraction of sp³-hybridized carbons (Fsp3) is 0.294. The Bertz CT molecular complexity index is 579. The molecular weight excluding hydrogens is 256 g/mol. The largest absolute Gasteiger partial charge is 0.307 e. The first-order valence-electron chi connectivity index (χ1n) is 6.92. The number of fused-ring (bicyclic) bond motifs is 1. The molecule has 0 saturated carbocycles. The third-order valence-corrected chi connectivity index (χ3v) is 3.97. The van der Waals surface area contributed by atoms with Gasteiger partial charge in [0.05, 0.1) is 0 Å². The summed E-state index contributed by atoms with van der Waals surface area (Å²) < 4.78 is 27.5. The summed E-state index contributed by atoms with van der Waals surface area (Å²) in [6.45, 7) is 1.81. The first-order valence-corrected chi connectivity index (χ1v) is 6.92. The van der Waals surface area contributed by atoms with Crippen LogP contribution in [0.5, 0.6) is 0 Å². The predicted octanol–water partition coefficient (Wildman–Crippen LogP) is 3.78. The Hall–Kier alpha value is -1.74. The average Bonchev–Trinajstić information content (AvgIpc) is 2.80. The van der Waals surface area contributed by atoms with E-state index < -0.39 is 11.6 Å². The summed E-state index contributed by atoms with van der Waals surface area (Å²) in [5, 5.41) is 3.34. The van der Waals surface area contributed by atoms with Gasteiger partial charge in [-0.15, -0.1) is 0 Å². The minimum atomic E-state index is -0.486. The number of benzene rings is 2. The predicted molar refractivity (Wildman–Crippen MR) is 75.5 cm³/mol. The second kappa shape index (κ2) is 5.33. The van der Waals surface area contributed by atoms with Gasteiger partial charge >= 0.3 is 0 Å². The van der Waals surface area contributed by atoms with Crippen molar-refractivity contribution in [3.63, 3.8) is 0 Å². The summed E-state index contributed by atoms with van der Waals surface area (Å²) in [6, 6.07) is 12.2. The highest BCUT2D eigenvalue weighted by atomic mass is 19.1. The highest BCUT2D eigenvalue weighted by Crippen LogP contribution is 2.26. The van der Waals surface area contributed by atoms with E-state index in [1.807, 2.05) is 19.1 Å². The van der Waals surface area contributed by atoms with Crippen LogP contribution in [0.1, 0.15) is 29.7 Å². The minimum Gasteiger partial charge on any atom is -0.307 e. The Morgan fingerprint density at radius 3 is 2.05 bits per heavy atom. The zero-order chi connectivity index (χ0) is 14.1. The molecule has 0 aromatic heterocycles. The van der Waals surface area contributed by atoms with Crippen LogP contribution in [0.25, 0.3) is 0 Å². The van der Waals surface area contributed by atoms with Crippen LogP contribution in [0, 0.1) is 11.6 Å². The van der Waals surface area contributed by atoms with Gasteiger partial charge in [-0.3, -0.25) is 0 Å². The Labute approximate surface area is 117 Å². The fourth-order valence-electron chi connectivity index (χ4n) is 3.04. The van der Waals surface area contributed by atoms with Gasteiger partial charge < -0.3 is 5.32 Å². The highest BCUT2D eigenvalue weighted by Gasteiger charge is 2.24. The average molecular weight is 273 g/mol. The van der Waals surface area contributed by atoms with Gasteiger partial charge in [-0.2, -0.15) is 0 Å². The molecule has 3 rings (SSSR count). The van der Waals surface area contributed by atoms with Crippen LogP contribution < -0.4 is 5.32 Å². The van der Waals surface area contributed by atoms with Crippen molar-refractivity contribution >= 4 is 0 Å². The van der Waals surface area contributed by atoms with E-state index in [0.29, 0.717) is 0 Å². The fourth-order valence-corrected chi connectivity index (χ4v) is 3.04. The normalized spacial score (nSPS) is 16.1. The molecule has 104 valence electrons. The van der Waals surface area contributed by atoms with Gasteiger partial charge in [-0.25, -0.2) is 8.78 Å². The van der Waals surface area contributed by atoms with Crippen LogP contribution in [0.2, 0.25) is 0 Å². The standard InChI is InChI=1S/C17H17F2N/c1-11(17-15(18)7-4-8-16(17)19)20-14-9-12-5-2-3-6-13(12)10-14/h2-8,11,14,20H,9-10H2,1H3. The molecule has 1 atom stereocenters. The van der Waals surface area contributed by atoms with Crippen LogP contribution in [0.4, 0.5) is 8.78 Å². The summed E-state index contributed by atoms with van der Waals surface area (Å²) >= 11 is 0. The Kier molecular flexibility index (Phi) is 3.53. The smallest absolute Gasteiger partial charge is 0.130 e. The summed E-state index contributed by atoms with van der Waals surface area (Å²) in [6.07, 6.45) is 1.83. The number of hydrogen-bond donors (Lipinski definition) is 1. The zero-order valence-electron chi connectivity index (χ0n) is 11.4. The number of nitrogens with one attached hydrogen (secondary N) is 1. The number of hydrogen-bond acceptors (Lipinski definition) is 1. The molecule has 0 radical (unpaired) electrons. The van der Waals surface area contributed by atoms with E-state index in [1.54, 1.807) is 0 Å². The van der Waals surface area contributed by atoms with Crippen molar-refractivity contribution in [2.75, 3.05) is 0 Å². The summed E-state index contributed by atoms with van der Waals surface area (Å²) in [4.78, 5) is 0. The molecule has 2 aromatic rings. The molecule has 0 aliphatic heterocycles. The van der Waals surface area contributed by atoms with Gasteiger partial charge in [0, 0.05) is 17.6 Å². The maximum atomic E-state index is 13.8. The van der Waals surface area contributed by atoms with Crippen LogP contribution in [-0.2, 0) is 12.8 Å². The molecule has 0 spiro atoms. The number of rotatable bonds is 3. The lowest BCUT2D eigenvalue weighted by Crippen LogP contribution is -2.32. The molecule has 2 aromatic carbocycles. The molecule has 1 unspecified atom stereocenters. The van der Waals surface area contributed by atoms with E-state index in [1.165, 1.54) is 29.3 Å². The molecule has 1 aliphatic rings. The molecule has 0 saturated heterocycles. The van der Waals surface area contributed by atoms with Crippen molar-refractivity contribution in [1.29, 1.82) is 0 Å². The van der Waals surface area contributed by atoms with Crippen LogP contribution in [0.3, 0.4) is 0 Å². The van der Waals surface area contributed by atoms with E-state index >= 15 is 0 Å². The van der Waals surface area contributed by atoms with Crippen LogP contribution in [-0.4, -0.2) is 6.04 Å². The quantitative estimate of drug-likeness (QED) is 0.897. The van der Waals surface area contributed by atoms with Crippen molar-refractivity contribution in [1.82, 2.24) is 5.32 Å². The van der Waals surface area contributed by atoms with Gasteiger partial charge in [-0.05, 0) is 43.0 Å². The van der Waals surface area contributed by atoms with Gasteiger partial charge in [0.15, 0.2) is 0 Å². The summed E-state index contributed by atoms with van der Waals surface area (Å²) in [5.41, 5.74) is 2.78. The first kappa shape index (κ1) is 13.3. The maximum Gasteiger partial charge on any atom is 0.130 e. The summed E-state index contributed by atoms with van der Waals surface area (Å²) in [7, 11) is 0. The van der Waals surface area contributed by atoms with E-state index in [2.05, 4.69) is 17.4 Å². The van der Waals surface area contributed by atoms with Gasteiger partial charge in [0.1, 0.15) is 11.6 Å². The van der Waals surface area contributed by atoms with Crippen molar-refractivity contribution in [2.24, 2.45) is 0 Å². The molecular formula is C17H17F2N. The van der Waals surface area contributed by atoms with Crippen molar-refractivity contribution in [3.8, 4) is 0 Å². The molecule has 1 aliphatic carbocycles. The molecule has 3 heteroatoms. The topological polar surface area (TPSA) is 12.0 Å². The molecule has 0 fully saturated rings. The second-order valence-electron chi connectivity index (χ2n) is 5.40. The van der Waals surface area contributed by atoms with Crippen molar-refractivity contribution in [2.45, 2.75) is 31.8 Å². The third kappa shape index (κ3) is 2.46. The first-order chi connectivity index (χ1) is 9.65. The van der Waals surface area contributed by atoms with Gasteiger partial charge in [-0.1, -0.05) is 30.3 Å². The minimum absolute atomic E-state index is 0.128. The van der Waals surface area contributed by atoms with Gasteiger partial charge in [0.25, 0.3) is 0 Å². The second-order valence-corrected chi connectivity index (χ2v) is 5.40. The monoisotopic (exact) mass is 273 g/mol. The molecule has 1 N–H and O–H groups in total. The lowest BCUT2D eigenvalue weighted by molar-refractivity contribution is 0.434. The Morgan fingerprint density at radius 2 is 1.50 bits per heavy atom. The molecule has 0 heterocycles. The van der Waals surface area contributed by atoms with E-state index in [9.17, 15) is 8.78 Å². The van der Waals surface area contributed by atoms with Crippen molar-refractivity contribution in [3.05, 3.63) is 70.8 Å². The molecule has 0 amide bonds. The zero-order valence-corrected chi connectivity index (χ0v) is 11.4. The third-order valence-electron chi connectivity index (χ3n) is 3.97. The summed E-state index contributed by atoms with van der Waals surface area (Å²) in [5.74, 6) is -0.971. The van der Waals surface area contributed by atoms with E-state index in [-0.39, 0.29) is 17.6 Å². The Morgan fingerprint density at radius 1 is 0.950 bits per heavy atom. The van der Waals surface area contributed by atoms with Crippen molar-refractivity contribution < 1.29 is 8.78 Å². The number of halogens is 2. The Balaban J connectivity index is 1.74. The maximum absolute atomic E-state index is 13.8. The molecule has 0 bridgehead atoms. The SMILES string of the molecule is CC(NC1Cc2ccccc2C1)c1c(F)cccc1F. The highest BCUT2D eigenvalue weighted by molar-refractivity contribution is 5.33. The van der Waals surface area contributed by atoms with Gasteiger partial charge in [0.2, 0.25) is 0 Å². The van der Waals surface area contributed by atoms with Crippen LogP contribution >= 0.6 is 0 Å². The van der Waals surface area contributed by atoms with E-state index in [0.717, 1.165) is 12.8 Å². The van der Waals surface area contributed by atoms with Crippen LogP contribution in [0.15, 0.2) is 42.5 Å².